The number of nitrogens with one attached hydrogen (secondary N) is 1. The van der Waals surface area contributed by atoms with Gasteiger partial charge in [-0.25, -0.2) is 21.7 Å². The Morgan fingerprint density at radius 3 is 2.39 bits per heavy atom. The summed E-state index contributed by atoms with van der Waals surface area (Å²) >= 11 is 6.28. The van der Waals surface area contributed by atoms with Gasteiger partial charge in [0.05, 0.1) is 33.6 Å². The van der Waals surface area contributed by atoms with Gasteiger partial charge in [-0.1, -0.05) is 30.7 Å². The van der Waals surface area contributed by atoms with Crippen molar-refractivity contribution >= 4 is 38.2 Å². The van der Waals surface area contributed by atoms with Crippen LogP contribution < -0.4 is 15.0 Å². The summed E-state index contributed by atoms with van der Waals surface area (Å²) in [6, 6.07) is 7.61. The van der Waals surface area contributed by atoms with Crippen molar-refractivity contribution in [1.82, 2.24) is 9.29 Å². The first-order valence-electron chi connectivity index (χ1n) is 12.8. The molecule has 222 valence electrons. The Labute approximate surface area is 247 Å². The summed E-state index contributed by atoms with van der Waals surface area (Å²) in [6.07, 6.45) is 1.55. The molecule has 0 aliphatic rings. The average molecular weight is 625 g/mol. The minimum atomic E-state index is -3.42. The molecular weight excluding hydrogens is 591 g/mol. The van der Waals surface area contributed by atoms with E-state index in [1.807, 2.05) is 20.8 Å². The SMILES string of the molecule is CCS(=O)(=O)Cc1ccc(C(=O)c2cc(OC)c(F)cc2Cl)c(-c2cn(C)c(=O)cc2[C@H](C)N[S@@](=O)C(C)(C)C)c1. The predicted molar refractivity (Wildman–Crippen MR) is 161 cm³/mol. The molecule has 0 spiro atoms. The smallest absolute Gasteiger partial charge is 0.250 e. The van der Waals surface area contributed by atoms with Crippen LogP contribution >= 0.6 is 11.6 Å². The predicted octanol–water partition coefficient (Wildman–Crippen LogP) is 5.13. The van der Waals surface area contributed by atoms with Crippen LogP contribution in [-0.4, -0.2) is 40.6 Å². The second kappa shape index (κ2) is 12.6. The van der Waals surface area contributed by atoms with Gasteiger partial charge in [-0.2, -0.15) is 0 Å². The summed E-state index contributed by atoms with van der Waals surface area (Å²) in [5.41, 5.74) is 1.45. The van der Waals surface area contributed by atoms with Crippen LogP contribution in [0, 0.1) is 5.82 Å². The number of nitrogens with zero attached hydrogens (tertiary/aromatic N) is 1. The van der Waals surface area contributed by atoms with Crippen molar-refractivity contribution in [3.05, 3.63) is 86.0 Å². The summed E-state index contributed by atoms with van der Waals surface area (Å²) in [5, 5.41) is -0.131. The Bertz CT molecular complexity index is 1680. The van der Waals surface area contributed by atoms with E-state index in [2.05, 4.69) is 4.72 Å². The van der Waals surface area contributed by atoms with Crippen LogP contribution in [0.3, 0.4) is 0 Å². The molecule has 0 saturated carbocycles. The molecule has 0 amide bonds. The number of pyridine rings is 1. The number of hydrogen-bond donors (Lipinski definition) is 1. The van der Waals surface area contributed by atoms with Crippen LogP contribution in [0.1, 0.15) is 67.7 Å². The minimum Gasteiger partial charge on any atom is -0.494 e. The maximum atomic E-state index is 14.3. The molecular formula is C29H34ClFN2O6S2. The molecule has 8 nitrogen and oxygen atoms in total. The average Bonchev–Trinajstić information content (AvgIpc) is 2.89. The number of carbonyl (C=O) groups excluding carboxylic acids is 1. The normalized spacial score (nSPS) is 13.6. The van der Waals surface area contributed by atoms with Crippen molar-refractivity contribution in [1.29, 1.82) is 0 Å². The second-order valence-electron chi connectivity index (χ2n) is 10.7. The van der Waals surface area contributed by atoms with Crippen LogP contribution in [0.4, 0.5) is 4.39 Å². The van der Waals surface area contributed by atoms with Gasteiger partial charge in [-0.15, -0.1) is 0 Å². The van der Waals surface area contributed by atoms with Crippen molar-refractivity contribution < 1.29 is 26.5 Å². The Morgan fingerprint density at radius 2 is 1.80 bits per heavy atom. The molecule has 0 bridgehead atoms. The van der Waals surface area contributed by atoms with Gasteiger partial charge in [0.1, 0.15) is 0 Å². The highest BCUT2D eigenvalue weighted by Crippen LogP contribution is 2.35. The lowest BCUT2D eigenvalue weighted by molar-refractivity contribution is 0.103. The van der Waals surface area contributed by atoms with Gasteiger partial charge < -0.3 is 9.30 Å². The van der Waals surface area contributed by atoms with Crippen molar-refractivity contribution in [2.75, 3.05) is 12.9 Å². The monoisotopic (exact) mass is 624 g/mol. The lowest BCUT2D eigenvalue weighted by atomic mass is 9.89. The summed E-state index contributed by atoms with van der Waals surface area (Å²) in [5.74, 6) is -1.80. The quantitative estimate of drug-likeness (QED) is 0.313. The van der Waals surface area contributed by atoms with Crippen molar-refractivity contribution in [2.24, 2.45) is 7.05 Å². The maximum absolute atomic E-state index is 14.3. The number of carbonyl (C=O) groups is 1. The van der Waals surface area contributed by atoms with Crippen molar-refractivity contribution in [3.63, 3.8) is 0 Å². The number of benzene rings is 2. The number of aromatic nitrogens is 1. The fraction of sp³-hybridized carbons (Fsp3) is 0.379. The Kier molecular flexibility index (Phi) is 10.0. The van der Waals surface area contributed by atoms with Crippen molar-refractivity contribution in [3.8, 4) is 16.9 Å². The van der Waals surface area contributed by atoms with E-state index in [1.165, 1.54) is 35.9 Å². The summed E-state index contributed by atoms with van der Waals surface area (Å²) in [4.78, 5) is 26.7. The van der Waals surface area contributed by atoms with Crippen LogP contribution in [0.15, 0.2) is 47.4 Å². The first-order chi connectivity index (χ1) is 19.0. The molecule has 12 heteroatoms. The standard InChI is InChI=1S/C29H34ClFN2O6S2/c1-8-41(37,38)16-18-9-10-19(28(35)22-12-26(39-7)25(31)14-24(22)30)21(11-18)23-15-33(6)27(34)13-20(23)17(2)32-40(36)29(3,4)5/h9-15,17,32H,8,16H2,1-7H3/t17-,40-/m0/s1. The molecule has 0 radical (unpaired) electrons. The first kappa shape index (κ1) is 32.7. The Balaban J connectivity index is 2.33. The zero-order valence-electron chi connectivity index (χ0n) is 24.0. The fourth-order valence-electron chi connectivity index (χ4n) is 4.09. The molecule has 1 aromatic heterocycles. The molecule has 0 aliphatic carbocycles. The number of methoxy groups -OCH3 is 1. The number of halogens is 2. The van der Waals surface area contributed by atoms with Crippen LogP contribution in [-0.2, 0) is 33.6 Å². The van der Waals surface area contributed by atoms with E-state index in [4.69, 9.17) is 16.3 Å². The van der Waals surface area contributed by atoms with Gasteiger partial charge in [-0.05, 0) is 62.6 Å². The summed E-state index contributed by atoms with van der Waals surface area (Å²) in [7, 11) is -2.09. The molecule has 2 aromatic carbocycles. The highest BCUT2D eigenvalue weighted by atomic mass is 35.5. The van der Waals surface area contributed by atoms with Crippen LogP contribution in [0.25, 0.3) is 11.1 Å². The van der Waals surface area contributed by atoms with Gasteiger partial charge in [0.15, 0.2) is 27.2 Å². The largest absolute Gasteiger partial charge is 0.494 e. The van der Waals surface area contributed by atoms with Crippen LogP contribution in [0.5, 0.6) is 5.75 Å². The van der Waals surface area contributed by atoms with Gasteiger partial charge in [0.2, 0.25) is 0 Å². The molecule has 41 heavy (non-hydrogen) atoms. The number of ketones is 1. The zero-order chi connectivity index (χ0) is 30.9. The van der Waals surface area contributed by atoms with Gasteiger partial charge >= 0.3 is 0 Å². The van der Waals surface area contributed by atoms with Crippen LogP contribution in [0.2, 0.25) is 5.02 Å². The van der Waals surface area contributed by atoms with Gasteiger partial charge in [0, 0.05) is 47.8 Å². The molecule has 0 saturated heterocycles. The molecule has 1 N–H and O–H groups in total. The number of aryl methyl sites for hydroxylation is 1. The van der Waals surface area contributed by atoms with E-state index < -0.39 is 43.2 Å². The lowest BCUT2D eigenvalue weighted by Gasteiger charge is -2.24. The number of ether oxygens (including phenoxy) is 1. The number of hydrogen-bond acceptors (Lipinski definition) is 6. The highest BCUT2D eigenvalue weighted by molar-refractivity contribution is 7.90. The third-order valence-corrected chi connectivity index (χ3v) is 10.1. The molecule has 3 aromatic rings. The van der Waals surface area contributed by atoms with E-state index >= 15 is 0 Å². The lowest BCUT2D eigenvalue weighted by Crippen LogP contribution is -2.35. The maximum Gasteiger partial charge on any atom is 0.250 e. The number of sulfone groups is 1. The Morgan fingerprint density at radius 1 is 1.15 bits per heavy atom. The summed E-state index contributed by atoms with van der Waals surface area (Å²) < 4.78 is 60.9. The number of rotatable bonds is 10. The second-order valence-corrected chi connectivity index (χ2v) is 15.4. The van der Waals surface area contributed by atoms with Gasteiger partial charge in [0.25, 0.3) is 5.56 Å². The van der Waals surface area contributed by atoms with E-state index in [0.717, 1.165) is 6.07 Å². The summed E-state index contributed by atoms with van der Waals surface area (Å²) in [6.45, 7) is 8.72. The van der Waals surface area contributed by atoms with Gasteiger partial charge in [-0.3, -0.25) is 9.59 Å². The molecule has 2 atom stereocenters. The fourth-order valence-corrected chi connectivity index (χ4v) is 6.02. The minimum absolute atomic E-state index is 0.0218. The zero-order valence-corrected chi connectivity index (χ0v) is 26.4. The third-order valence-electron chi connectivity index (χ3n) is 6.50. The first-order valence-corrected chi connectivity index (χ1v) is 16.1. The Hall–Kier alpha value is -2.86. The van der Waals surface area contributed by atoms with E-state index in [9.17, 15) is 26.6 Å². The molecule has 0 unspecified atom stereocenters. The van der Waals surface area contributed by atoms with Crippen molar-refractivity contribution in [2.45, 2.75) is 51.2 Å². The molecule has 0 aliphatic heterocycles. The molecule has 3 rings (SSSR count). The van der Waals surface area contributed by atoms with E-state index in [0.29, 0.717) is 22.3 Å². The van der Waals surface area contributed by atoms with E-state index in [-0.39, 0.29) is 39.0 Å². The third kappa shape index (κ3) is 7.51. The molecule has 0 fully saturated rings. The highest BCUT2D eigenvalue weighted by Gasteiger charge is 2.27. The molecule has 1 heterocycles. The van der Waals surface area contributed by atoms with E-state index in [1.54, 1.807) is 33.2 Å². The topological polar surface area (TPSA) is 112 Å².